The highest BCUT2D eigenvalue weighted by Crippen LogP contribution is 2.50. The zero-order valence-corrected chi connectivity index (χ0v) is 25.1. The minimum absolute atomic E-state index is 0.0650. The number of carboxylic acids is 1. The highest BCUT2D eigenvalue weighted by molar-refractivity contribution is 6.30. The largest absolute Gasteiger partial charge is 0.475 e. The van der Waals surface area contributed by atoms with Gasteiger partial charge in [-0.3, -0.25) is 4.90 Å². The number of nitrogens with zero attached hydrogens (tertiary/aromatic N) is 4. The van der Waals surface area contributed by atoms with Crippen LogP contribution < -0.4 is 9.47 Å². The molecule has 2 fully saturated rings. The number of ether oxygens (including phenoxy) is 3. The summed E-state index contributed by atoms with van der Waals surface area (Å²) >= 11 is 5.97. The first kappa shape index (κ1) is 28.8. The number of carboxylic acid groups (broad SMARTS) is 1. The normalized spacial score (nSPS) is 21.9. The molecule has 2 atom stereocenters. The molecule has 4 aromatic rings. The monoisotopic (exact) mass is 622 g/mol. The number of likely N-dealkylation sites (tertiary alicyclic amines) is 1. The van der Waals surface area contributed by atoms with E-state index in [-0.39, 0.29) is 23.7 Å². The van der Waals surface area contributed by atoms with Crippen molar-refractivity contribution in [1.29, 1.82) is 0 Å². The fourth-order valence-electron chi connectivity index (χ4n) is 6.37. The van der Waals surface area contributed by atoms with Crippen LogP contribution in [0.3, 0.4) is 0 Å². The maximum atomic E-state index is 14.8. The molecule has 10 nitrogen and oxygen atoms in total. The van der Waals surface area contributed by atoms with Crippen LogP contribution in [0.15, 0.2) is 47.0 Å². The Labute approximate surface area is 258 Å². The number of benzene rings is 2. The summed E-state index contributed by atoms with van der Waals surface area (Å²) in [6, 6.07) is 10.4. The Morgan fingerprint density at radius 3 is 2.66 bits per heavy atom. The van der Waals surface area contributed by atoms with Gasteiger partial charge in [-0.25, -0.2) is 19.2 Å². The van der Waals surface area contributed by atoms with E-state index >= 15 is 0 Å². The van der Waals surface area contributed by atoms with E-state index < -0.39 is 17.6 Å². The Hall–Kier alpha value is -3.93. The SMILES string of the molecule is Cc1nc(CN2CCC(c3cccc4c3O[C@@](C)(c3ccc(Cl)cc3F)O4)CC2)n(C[C@H]2CCO2)c1-c1ncc(C(=O)O)o1. The Morgan fingerprint density at radius 2 is 1.98 bits per heavy atom. The number of oxazole rings is 1. The first-order valence-electron chi connectivity index (χ1n) is 14.7. The minimum atomic E-state index is -1.29. The molecule has 5 heterocycles. The van der Waals surface area contributed by atoms with Crippen molar-refractivity contribution in [2.45, 2.75) is 64.0 Å². The Bertz CT molecular complexity index is 1730. The van der Waals surface area contributed by atoms with Crippen LogP contribution in [0.25, 0.3) is 11.6 Å². The molecule has 44 heavy (non-hydrogen) atoms. The van der Waals surface area contributed by atoms with Gasteiger partial charge in [-0.05, 0) is 69.5 Å². The van der Waals surface area contributed by atoms with Crippen molar-refractivity contribution in [2.75, 3.05) is 19.7 Å². The van der Waals surface area contributed by atoms with E-state index in [1.165, 1.54) is 12.3 Å². The van der Waals surface area contributed by atoms with E-state index in [9.17, 15) is 14.3 Å². The van der Waals surface area contributed by atoms with Crippen LogP contribution in [0.1, 0.15) is 65.3 Å². The lowest BCUT2D eigenvalue weighted by atomic mass is 9.88. The van der Waals surface area contributed by atoms with Gasteiger partial charge in [-0.1, -0.05) is 23.7 Å². The number of carbonyl (C=O) groups is 1. The van der Waals surface area contributed by atoms with Crippen molar-refractivity contribution < 1.29 is 32.9 Å². The summed E-state index contributed by atoms with van der Waals surface area (Å²) in [7, 11) is 0. The average molecular weight is 623 g/mol. The van der Waals surface area contributed by atoms with Crippen LogP contribution in [0.5, 0.6) is 11.5 Å². The molecular weight excluding hydrogens is 591 g/mol. The van der Waals surface area contributed by atoms with Gasteiger partial charge in [0.15, 0.2) is 11.5 Å². The predicted molar refractivity (Wildman–Crippen MR) is 157 cm³/mol. The molecule has 2 aromatic carbocycles. The van der Waals surface area contributed by atoms with Crippen LogP contribution >= 0.6 is 11.6 Å². The Balaban J connectivity index is 1.08. The highest BCUT2D eigenvalue weighted by Gasteiger charge is 2.43. The lowest BCUT2D eigenvalue weighted by Crippen LogP contribution is -2.35. The van der Waals surface area contributed by atoms with Crippen LogP contribution in [0, 0.1) is 12.7 Å². The predicted octanol–water partition coefficient (Wildman–Crippen LogP) is 6.15. The van der Waals surface area contributed by atoms with Crippen molar-refractivity contribution in [1.82, 2.24) is 19.4 Å². The Morgan fingerprint density at radius 1 is 1.18 bits per heavy atom. The molecule has 230 valence electrons. The molecular formula is C32H32ClFN4O6. The first-order valence-corrected chi connectivity index (χ1v) is 15.1. The van der Waals surface area contributed by atoms with E-state index in [2.05, 4.69) is 20.5 Å². The van der Waals surface area contributed by atoms with Crippen LogP contribution in [-0.4, -0.2) is 56.3 Å². The molecule has 0 aliphatic carbocycles. The van der Waals surface area contributed by atoms with E-state index in [4.69, 9.17) is 35.2 Å². The van der Waals surface area contributed by atoms with Crippen molar-refractivity contribution in [3.8, 4) is 23.1 Å². The van der Waals surface area contributed by atoms with Crippen molar-refractivity contribution in [2.24, 2.45) is 0 Å². The maximum absolute atomic E-state index is 14.8. The topological polar surface area (TPSA) is 112 Å². The standard InChI is InChI=1S/C32H32ClFN4O6/c1-18-28(30-35-15-26(42-30)31(39)40)38(16-21-10-13-41-21)27(36-18)17-37-11-8-19(9-12-37)22-4-3-5-25-29(22)44-32(2,43-25)23-7-6-20(33)14-24(23)34/h3-7,14-15,19,21H,8-13,16-17H2,1-2H3,(H,39,40)/t21-,32+/m1/s1. The summed E-state index contributed by atoms with van der Waals surface area (Å²) in [5, 5.41) is 9.65. The second-order valence-electron chi connectivity index (χ2n) is 11.7. The van der Waals surface area contributed by atoms with Gasteiger partial charge < -0.3 is 28.3 Å². The zero-order valence-electron chi connectivity index (χ0n) is 24.4. The number of aromatic nitrogens is 3. The van der Waals surface area contributed by atoms with E-state index in [0.717, 1.165) is 56.0 Å². The molecule has 2 saturated heterocycles. The van der Waals surface area contributed by atoms with Crippen molar-refractivity contribution >= 4 is 17.6 Å². The van der Waals surface area contributed by atoms with Crippen LogP contribution in [-0.2, 0) is 23.6 Å². The summed E-state index contributed by atoms with van der Waals surface area (Å²) in [4.78, 5) is 22.9. The molecule has 3 aliphatic heterocycles. The molecule has 0 radical (unpaired) electrons. The second kappa shape index (κ2) is 11.2. The number of aromatic carboxylic acids is 1. The number of hydrogen-bond donors (Lipinski definition) is 1. The number of halogens is 2. The quantitative estimate of drug-likeness (QED) is 0.247. The van der Waals surface area contributed by atoms with E-state index in [0.29, 0.717) is 40.9 Å². The fraction of sp³-hybridized carbons (Fsp3) is 0.406. The smallest absolute Gasteiger partial charge is 0.373 e. The summed E-state index contributed by atoms with van der Waals surface area (Å²) in [5.74, 6) is -0.552. The van der Waals surface area contributed by atoms with Gasteiger partial charge in [-0.15, -0.1) is 0 Å². The first-order chi connectivity index (χ1) is 21.2. The average Bonchev–Trinajstić information content (AvgIpc) is 3.66. The van der Waals surface area contributed by atoms with Gasteiger partial charge in [0.2, 0.25) is 11.7 Å². The third-order valence-corrected chi connectivity index (χ3v) is 8.98. The van der Waals surface area contributed by atoms with Crippen molar-refractivity contribution in [3.63, 3.8) is 0 Å². The molecule has 0 spiro atoms. The summed E-state index contributed by atoms with van der Waals surface area (Å²) in [6.45, 7) is 7.21. The third-order valence-electron chi connectivity index (χ3n) is 8.74. The number of para-hydroxylation sites is 1. The molecule has 7 rings (SSSR count). The van der Waals surface area contributed by atoms with E-state index in [1.807, 2.05) is 19.1 Å². The molecule has 1 N–H and O–H groups in total. The summed E-state index contributed by atoms with van der Waals surface area (Å²) in [6.07, 6.45) is 4.03. The third kappa shape index (κ3) is 5.22. The van der Waals surface area contributed by atoms with Gasteiger partial charge in [0, 0.05) is 24.1 Å². The highest BCUT2D eigenvalue weighted by atomic mass is 35.5. The van der Waals surface area contributed by atoms with Crippen LogP contribution in [0.4, 0.5) is 4.39 Å². The Kier molecular flexibility index (Phi) is 7.34. The number of aryl methyl sites for hydroxylation is 1. The minimum Gasteiger partial charge on any atom is -0.475 e. The lowest BCUT2D eigenvalue weighted by molar-refractivity contribution is -0.0712. The zero-order chi connectivity index (χ0) is 30.6. The number of rotatable bonds is 8. The van der Waals surface area contributed by atoms with Gasteiger partial charge >= 0.3 is 5.97 Å². The summed E-state index contributed by atoms with van der Waals surface area (Å²) < 4.78 is 40.7. The number of fused-ring (bicyclic) bond motifs is 1. The van der Waals surface area contributed by atoms with Crippen LogP contribution in [0.2, 0.25) is 5.02 Å². The van der Waals surface area contributed by atoms with Gasteiger partial charge in [0.05, 0.1) is 36.6 Å². The fourth-order valence-corrected chi connectivity index (χ4v) is 6.53. The lowest BCUT2D eigenvalue weighted by Gasteiger charge is -2.33. The number of imidazole rings is 1. The summed E-state index contributed by atoms with van der Waals surface area (Å²) in [5.41, 5.74) is 2.75. The van der Waals surface area contributed by atoms with Gasteiger partial charge in [0.1, 0.15) is 17.3 Å². The number of piperidine rings is 1. The molecule has 3 aliphatic rings. The molecule has 2 aromatic heterocycles. The second-order valence-corrected chi connectivity index (χ2v) is 12.1. The number of hydrogen-bond acceptors (Lipinski definition) is 8. The maximum Gasteiger partial charge on any atom is 0.373 e. The molecule has 0 bridgehead atoms. The van der Waals surface area contributed by atoms with Crippen molar-refractivity contribution in [3.05, 3.63) is 81.8 Å². The molecule has 0 amide bonds. The van der Waals surface area contributed by atoms with Gasteiger partial charge in [-0.2, -0.15) is 0 Å². The van der Waals surface area contributed by atoms with E-state index in [1.54, 1.807) is 19.1 Å². The molecule has 0 saturated carbocycles. The van der Waals surface area contributed by atoms with Gasteiger partial charge in [0.25, 0.3) is 5.79 Å². The molecule has 12 heteroatoms. The molecule has 0 unspecified atom stereocenters.